The van der Waals surface area contributed by atoms with E-state index in [2.05, 4.69) is 36.4 Å². The predicted molar refractivity (Wildman–Crippen MR) is 96.6 cm³/mol. The Morgan fingerprint density at radius 1 is 1.00 bits per heavy atom. The summed E-state index contributed by atoms with van der Waals surface area (Å²) in [5.41, 5.74) is 2.40. The van der Waals surface area contributed by atoms with Crippen LogP contribution in [0.3, 0.4) is 0 Å². The standard InChI is InChI=1S/C21H24N2O2/c1-22-18(13-15-9-5-3-6-10-15)20-17(14-19(22)24)21(25-23(20)2)16-11-7-4-8-12-16/h3-12,17-18,20-21H,13-14H2,1-2H3/t17-,18+,20-,21+/m1/s1. The summed E-state index contributed by atoms with van der Waals surface area (Å²) in [6.07, 6.45) is 1.34. The number of carbonyl (C=O) groups excluding carboxylic acids is 1. The van der Waals surface area contributed by atoms with Crippen LogP contribution in [0.15, 0.2) is 60.7 Å². The van der Waals surface area contributed by atoms with Gasteiger partial charge in [-0.05, 0) is 17.5 Å². The van der Waals surface area contributed by atoms with Gasteiger partial charge in [-0.25, -0.2) is 0 Å². The van der Waals surface area contributed by atoms with Gasteiger partial charge in [0.1, 0.15) is 6.10 Å². The first kappa shape index (κ1) is 16.3. The van der Waals surface area contributed by atoms with Crippen molar-refractivity contribution in [2.24, 2.45) is 5.92 Å². The molecule has 0 N–H and O–H groups in total. The average Bonchev–Trinajstić information content (AvgIpc) is 2.97. The van der Waals surface area contributed by atoms with E-state index in [-0.39, 0.29) is 30.0 Å². The van der Waals surface area contributed by atoms with E-state index >= 15 is 0 Å². The van der Waals surface area contributed by atoms with Crippen molar-refractivity contribution in [3.63, 3.8) is 0 Å². The first-order valence-electron chi connectivity index (χ1n) is 8.89. The quantitative estimate of drug-likeness (QED) is 0.864. The maximum Gasteiger partial charge on any atom is 0.223 e. The van der Waals surface area contributed by atoms with E-state index in [1.165, 1.54) is 5.56 Å². The third-order valence-electron chi connectivity index (χ3n) is 5.64. The molecule has 4 atom stereocenters. The van der Waals surface area contributed by atoms with Gasteiger partial charge in [0.25, 0.3) is 0 Å². The molecule has 0 aliphatic carbocycles. The van der Waals surface area contributed by atoms with Crippen LogP contribution in [-0.2, 0) is 16.1 Å². The maximum atomic E-state index is 12.7. The van der Waals surface area contributed by atoms with Crippen molar-refractivity contribution < 1.29 is 9.63 Å². The van der Waals surface area contributed by atoms with Crippen molar-refractivity contribution >= 4 is 5.91 Å². The number of hydrogen-bond acceptors (Lipinski definition) is 3. The number of piperidine rings is 1. The van der Waals surface area contributed by atoms with Crippen LogP contribution >= 0.6 is 0 Å². The lowest BCUT2D eigenvalue weighted by Gasteiger charge is -2.42. The molecule has 2 aromatic rings. The van der Waals surface area contributed by atoms with Gasteiger partial charge in [0.05, 0.1) is 12.1 Å². The molecule has 2 heterocycles. The fraction of sp³-hybridized carbons (Fsp3) is 0.381. The molecule has 0 saturated carbocycles. The second-order valence-corrected chi connectivity index (χ2v) is 7.10. The molecule has 4 nitrogen and oxygen atoms in total. The highest BCUT2D eigenvalue weighted by Crippen LogP contribution is 2.45. The van der Waals surface area contributed by atoms with Crippen molar-refractivity contribution in [1.29, 1.82) is 0 Å². The number of hydroxylamine groups is 2. The number of likely N-dealkylation sites (tertiary alicyclic amines) is 1. The Morgan fingerprint density at radius 2 is 1.64 bits per heavy atom. The van der Waals surface area contributed by atoms with Crippen LogP contribution in [0.1, 0.15) is 23.7 Å². The van der Waals surface area contributed by atoms with E-state index < -0.39 is 0 Å². The van der Waals surface area contributed by atoms with Crippen molar-refractivity contribution in [3.05, 3.63) is 71.8 Å². The Hall–Kier alpha value is -2.17. The molecule has 2 aliphatic heterocycles. The number of benzene rings is 2. The first-order valence-corrected chi connectivity index (χ1v) is 8.89. The minimum atomic E-state index is -0.0490. The van der Waals surface area contributed by atoms with E-state index in [9.17, 15) is 4.79 Å². The van der Waals surface area contributed by atoms with Gasteiger partial charge in [0, 0.05) is 26.4 Å². The van der Waals surface area contributed by atoms with E-state index in [4.69, 9.17) is 4.84 Å². The largest absolute Gasteiger partial charge is 0.341 e. The van der Waals surface area contributed by atoms with Crippen LogP contribution in [0.25, 0.3) is 0 Å². The summed E-state index contributed by atoms with van der Waals surface area (Å²) in [5, 5.41) is 1.98. The van der Waals surface area contributed by atoms with Crippen LogP contribution in [0.4, 0.5) is 0 Å². The highest BCUT2D eigenvalue weighted by Gasteiger charge is 2.51. The SMILES string of the molecule is CN1O[C@@H](c2ccccc2)[C@@H]2CC(=O)N(C)[C@@H](Cc3ccccc3)[C@@H]21. The molecule has 130 valence electrons. The first-order chi connectivity index (χ1) is 12.1. The van der Waals surface area contributed by atoms with Crippen LogP contribution < -0.4 is 0 Å². The van der Waals surface area contributed by atoms with Gasteiger partial charge in [-0.2, -0.15) is 5.06 Å². The second-order valence-electron chi connectivity index (χ2n) is 7.10. The van der Waals surface area contributed by atoms with E-state index in [1.54, 1.807) is 0 Å². The monoisotopic (exact) mass is 336 g/mol. The molecule has 25 heavy (non-hydrogen) atoms. The number of rotatable bonds is 3. The zero-order chi connectivity index (χ0) is 17.4. The highest BCUT2D eigenvalue weighted by atomic mass is 16.7. The molecular formula is C21H24N2O2. The van der Waals surface area contributed by atoms with Gasteiger partial charge < -0.3 is 4.90 Å². The fourth-order valence-corrected chi connectivity index (χ4v) is 4.36. The van der Waals surface area contributed by atoms with Crippen LogP contribution in [0.5, 0.6) is 0 Å². The number of carbonyl (C=O) groups is 1. The van der Waals surface area contributed by atoms with Crippen molar-refractivity contribution in [1.82, 2.24) is 9.96 Å². The molecule has 2 saturated heterocycles. The minimum absolute atomic E-state index is 0.0490. The molecule has 0 spiro atoms. The maximum absolute atomic E-state index is 12.7. The Balaban J connectivity index is 1.65. The van der Waals surface area contributed by atoms with E-state index in [0.717, 1.165) is 12.0 Å². The molecule has 0 unspecified atom stereocenters. The Kier molecular flexibility index (Phi) is 4.32. The molecule has 0 bridgehead atoms. The molecule has 2 aromatic carbocycles. The van der Waals surface area contributed by atoms with Crippen molar-refractivity contribution in [2.75, 3.05) is 14.1 Å². The van der Waals surface area contributed by atoms with Gasteiger partial charge in [0.2, 0.25) is 5.91 Å². The molecule has 2 aliphatic rings. The van der Waals surface area contributed by atoms with E-state index in [1.807, 2.05) is 48.3 Å². The van der Waals surface area contributed by atoms with Gasteiger partial charge in [0.15, 0.2) is 0 Å². The minimum Gasteiger partial charge on any atom is -0.341 e. The lowest BCUT2D eigenvalue weighted by Crippen LogP contribution is -2.57. The summed E-state index contributed by atoms with van der Waals surface area (Å²) in [4.78, 5) is 20.8. The summed E-state index contributed by atoms with van der Waals surface area (Å²) < 4.78 is 0. The fourth-order valence-electron chi connectivity index (χ4n) is 4.36. The van der Waals surface area contributed by atoms with Crippen LogP contribution in [-0.4, -0.2) is 42.0 Å². The lowest BCUT2D eigenvalue weighted by atomic mass is 9.78. The molecule has 0 aromatic heterocycles. The zero-order valence-corrected chi connectivity index (χ0v) is 14.7. The summed E-state index contributed by atoms with van der Waals surface area (Å²) >= 11 is 0. The Morgan fingerprint density at radius 3 is 2.32 bits per heavy atom. The molecule has 0 radical (unpaired) electrons. The molecule has 4 heteroatoms. The third kappa shape index (κ3) is 2.96. The zero-order valence-electron chi connectivity index (χ0n) is 14.7. The number of fused-ring (bicyclic) bond motifs is 1. The summed E-state index contributed by atoms with van der Waals surface area (Å²) in [5.74, 6) is 0.395. The van der Waals surface area contributed by atoms with Crippen LogP contribution in [0.2, 0.25) is 0 Å². The molecule has 1 amide bonds. The van der Waals surface area contributed by atoms with Crippen molar-refractivity contribution in [3.8, 4) is 0 Å². The Labute approximate surface area is 149 Å². The smallest absolute Gasteiger partial charge is 0.223 e. The summed E-state index contributed by atoms with van der Waals surface area (Å²) in [6, 6.07) is 21.0. The van der Waals surface area contributed by atoms with Crippen molar-refractivity contribution in [2.45, 2.75) is 31.0 Å². The van der Waals surface area contributed by atoms with Crippen LogP contribution in [0, 0.1) is 5.92 Å². The topological polar surface area (TPSA) is 32.8 Å². The van der Waals surface area contributed by atoms with Gasteiger partial charge in [-0.1, -0.05) is 60.7 Å². The lowest BCUT2D eigenvalue weighted by molar-refractivity contribution is -0.157. The summed E-state index contributed by atoms with van der Waals surface area (Å²) in [6.45, 7) is 0. The average molecular weight is 336 g/mol. The highest BCUT2D eigenvalue weighted by molar-refractivity contribution is 5.78. The normalized spacial score (nSPS) is 29.7. The van der Waals surface area contributed by atoms with E-state index in [0.29, 0.717) is 6.42 Å². The number of likely N-dealkylation sites (N-methyl/N-ethyl adjacent to an activating group) is 2. The number of amides is 1. The third-order valence-corrected chi connectivity index (χ3v) is 5.64. The van der Waals surface area contributed by atoms with Gasteiger partial charge in [-0.3, -0.25) is 9.63 Å². The Bertz CT molecular complexity index is 734. The second kappa shape index (κ2) is 6.62. The predicted octanol–water partition coefficient (Wildman–Crippen LogP) is 3.06. The van der Waals surface area contributed by atoms with Gasteiger partial charge in [-0.15, -0.1) is 0 Å². The molecule has 4 rings (SSSR count). The number of nitrogens with zero attached hydrogens (tertiary/aromatic N) is 2. The van der Waals surface area contributed by atoms with Gasteiger partial charge >= 0.3 is 0 Å². The summed E-state index contributed by atoms with van der Waals surface area (Å²) in [7, 11) is 3.93. The molecule has 2 fully saturated rings. The molecular weight excluding hydrogens is 312 g/mol. The number of hydrogen-bond donors (Lipinski definition) is 0.